The Balaban J connectivity index is 1.96. The van der Waals surface area contributed by atoms with Crippen molar-refractivity contribution >= 4 is 17.3 Å². The van der Waals surface area contributed by atoms with Crippen molar-refractivity contribution < 1.29 is 9.72 Å². The molecule has 0 aliphatic carbocycles. The Labute approximate surface area is 126 Å². The van der Waals surface area contributed by atoms with E-state index in [1.165, 1.54) is 16.8 Å². The Morgan fingerprint density at radius 3 is 2.59 bits per heavy atom. The summed E-state index contributed by atoms with van der Waals surface area (Å²) in [5, 5.41) is 18.7. The summed E-state index contributed by atoms with van der Waals surface area (Å²) >= 11 is 0. The molecule has 0 radical (unpaired) electrons. The summed E-state index contributed by atoms with van der Waals surface area (Å²) in [5.74, 6) is -0.302. The zero-order chi connectivity index (χ0) is 16.1. The summed E-state index contributed by atoms with van der Waals surface area (Å²) in [5.41, 5.74) is 4.52. The molecular weight excluding hydrogens is 286 g/mol. The zero-order valence-electron chi connectivity index (χ0n) is 12.2. The van der Waals surface area contributed by atoms with Gasteiger partial charge in [0, 0.05) is 18.3 Å². The second kappa shape index (κ2) is 6.61. The molecule has 1 amide bonds. The van der Waals surface area contributed by atoms with Crippen LogP contribution >= 0.6 is 0 Å². The minimum Gasteiger partial charge on any atom is -0.271 e. The van der Waals surface area contributed by atoms with E-state index in [1.807, 2.05) is 6.92 Å². The molecule has 2 rings (SSSR count). The van der Waals surface area contributed by atoms with Crippen molar-refractivity contribution in [1.82, 2.24) is 15.2 Å². The fourth-order valence-corrected chi connectivity index (χ4v) is 1.77. The number of hydrazone groups is 1. The van der Waals surface area contributed by atoms with Crippen molar-refractivity contribution in [2.24, 2.45) is 5.10 Å². The predicted molar refractivity (Wildman–Crippen MR) is 80.4 cm³/mol. The maximum absolute atomic E-state index is 11.7. The summed E-state index contributed by atoms with van der Waals surface area (Å²) in [4.78, 5) is 21.8. The van der Waals surface area contributed by atoms with E-state index < -0.39 is 4.92 Å². The Kier molecular flexibility index (Phi) is 4.62. The number of benzene rings is 1. The van der Waals surface area contributed by atoms with Gasteiger partial charge in [-0.3, -0.25) is 19.6 Å². The Morgan fingerprint density at radius 2 is 2.05 bits per heavy atom. The van der Waals surface area contributed by atoms with Crippen LogP contribution in [-0.4, -0.2) is 26.3 Å². The van der Waals surface area contributed by atoms with Gasteiger partial charge in [0.25, 0.3) is 11.6 Å². The maximum Gasteiger partial charge on any atom is 0.269 e. The fourth-order valence-electron chi connectivity index (χ4n) is 1.77. The first-order valence-electron chi connectivity index (χ1n) is 6.54. The molecule has 0 fully saturated rings. The van der Waals surface area contributed by atoms with Crippen molar-refractivity contribution in [2.45, 2.75) is 20.4 Å². The second-order valence-corrected chi connectivity index (χ2v) is 4.69. The number of amides is 1. The summed E-state index contributed by atoms with van der Waals surface area (Å²) < 4.78 is 1.52. The van der Waals surface area contributed by atoms with Crippen LogP contribution in [0.15, 0.2) is 41.6 Å². The van der Waals surface area contributed by atoms with Crippen molar-refractivity contribution in [2.75, 3.05) is 0 Å². The number of nitrogens with zero attached hydrogens (tertiary/aromatic N) is 4. The maximum atomic E-state index is 11.7. The topological polar surface area (TPSA) is 102 Å². The molecule has 0 unspecified atom stereocenters. The molecule has 8 nitrogen and oxygen atoms in total. The molecule has 0 saturated heterocycles. The third-order valence-corrected chi connectivity index (χ3v) is 2.92. The molecule has 1 aromatic carbocycles. The molecule has 0 bridgehead atoms. The van der Waals surface area contributed by atoms with Crippen molar-refractivity contribution in [3.63, 3.8) is 0 Å². The first kappa shape index (κ1) is 15.4. The average molecular weight is 301 g/mol. The van der Waals surface area contributed by atoms with Gasteiger partial charge in [0.05, 0.1) is 16.3 Å². The number of rotatable bonds is 5. The van der Waals surface area contributed by atoms with Gasteiger partial charge in [-0.05, 0) is 37.6 Å². The van der Waals surface area contributed by atoms with E-state index >= 15 is 0 Å². The fraction of sp³-hybridized carbons (Fsp3) is 0.214. The molecule has 22 heavy (non-hydrogen) atoms. The molecule has 2 aromatic rings. The number of carbonyl (C=O) groups is 1. The van der Waals surface area contributed by atoms with Crippen molar-refractivity contribution in [3.05, 3.63) is 57.9 Å². The number of aromatic nitrogens is 2. The van der Waals surface area contributed by atoms with Crippen molar-refractivity contribution in [3.8, 4) is 0 Å². The van der Waals surface area contributed by atoms with E-state index in [4.69, 9.17) is 0 Å². The molecule has 1 aromatic heterocycles. The van der Waals surface area contributed by atoms with Crippen LogP contribution < -0.4 is 5.43 Å². The normalized spacial score (nSPS) is 11.3. The van der Waals surface area contributed by atoms with Gasteiger partial charge < -0.3 is 0 Å². The molecule has 1 N–H and O–H groups in total. The van der Waals surface area contributed by atoms with Gasteiger partial charge in [-0.2, -0.15) is 10.2 Å². The van der Waals surface area contributed by atoms with Crippen LogP contribution in [0.25, 0.3) is 0 Å². The molecule has 1 heterocycles. The number of carbonyl (C=O) groups excluding carboxylic acids is 1. The number of hydrogen-bond acceptors (Lipinski definition) is 5. The molecule has 0 saturated carbocycles. The largest absolute Gasteiger partial charge is 0.271 e. The lowest BCUT2D eigenvalue weighted by Crippen LogP contribution is -2.24. The van der Waals surface area contributed by atoms with Crippen LogP contribution in [0.5, 0.6) is 0 Å². The number of non-ortho nitro benzene ring substituents is 1. The summed E-state index contributed by atoms with van der Waals surface area (Å²) in [6, 6.07) is 7.75. The molecule has 0 spiro atoms. The molecule has 0 aliphatic heterocycles. The number of nitro groups is 1. The highest BCUT2D eigenvalue weighted by molar-refractivity contribution is 5.99. The van der Waals surface area contributed by atoms with Gasteiger partial charge in [-0.15, -0.1) is 0 Å². The van der Waals surface area contributed by atoms with Gasteiger partial charge in [-0.25, -0.2) is 5.43 Å². The first-order chi connectivity index (χ1) is 10.5. The number of hydrogen-bond donors (Lipinski definition) is 1. The third kappa shape index (κ3) is 3.98. The minimum atomic E-state index is -0.468. The van der Waals surface area contributed by atoms with Crippen LogP contribution in [0.4, 0.5) is 5.69 Å². The second-order valence-electron chi connectivity index (χ2n) is 4.69. The zero-order valence-corrected chi connectivity index (χ0v) is 12.2. The highest BCUT2D eigenvalue weighted by Crippen LogP contribution is 2.12. The van der Waals surface area contributed by atoms with E-state index in [0.717, 1.165) is 5.69 Å². The van der Waals surface area contributed by atoms with E-state index in [9.17, 15) is 14.9 Å². The highest BCUT2D eigenvalue weighted by atomic mass is 16.6. The highest BCUT2D eigenvalue weighted by Gasteiger charge is 2.06. The van der Waals surface area contributed by atoms with Gasteiger partial charge in [-0.1, -0.05) is 0 Å². The smallest absolute Gasteiger partial charge is 0.269 e. The summed E-state index contributed by atoms with van der Waals surface area (Å²) in [6.07, 6.45) is 1.71. The SMILES string of the molecule is C/C(=N\NC(=O)Cn1ccc(C)n1)c1ccc([N+](=O)[O-])cc1. The van der Waals surface area contributed by atoms with E-state index in [0.29, 0.717) is 11.3 Å². The van der Waals surface area contributed by atoms with Crippen LogP contribution in [-0.2, 0) is 11.3 Å². The molecule has 8 heteroatoms. The van der Waals surface area contributed by atoms with E-state index in [1.54, 1.807) is 31.3 Å². The number of nitrogens with one attached hydrogen (secondary N) is 1. The molecular formula is C14H15N5O3. The Bertz CT molecular complexity index is 718. The van der Waals surface area contributed by atoms with Crippen molar-refractivity contribution in [1.29, 1.82) is 0 Å². The summed E-state index contributed by atoms with van der Waals surface area (Å²) in [6.45, 7) is 3.62. The molecule has 0 aliphatic rings. The minimum absolute atomic E-state index is 0.00892. The van der Waals surface area contributed by atoms with Gasteiger partial charge in [0.15, 0.2) is 0 Å². The van der Waals surface area contributed by atoms with Crippen LogP contribution in [0.2, 0.25) is 0 Å². The average Bonchev–Trinajstić information content (AvgIpc) is 2.90. The monoisotopic (exact) mass is 301 g/mol. The molecule has 114 valence electrons. The summed E-state index contributed by atoms with van der Waals surface area (Å²) in [7, 11) is 0. The number of nitro benzene ring substituents is 1. The molecule has 0 atom stereocenters. The lowest BCUT2D eigenvalue weighted by molar-refractivity contribution is -0.384. The quantitative estimate of drug-likeness (QED) is 0.515. The van der Waals surface area contributed by atoms with Crippen LogP contribution in [0, 0.1) is 17.0 Å². The van der Waals surface area contributed by atoms with Gasteiger partial charge in [0.1, 0.15) is 6.54 Å². The third-order valence-electron chi connectivity index (χ3n) is 2.92. The standard InChI is InChI=1S/C14H15N5O3/c1-10-7-8-18(17-10)9-14(20)16-15-11(2)12-3-5-13(6-4-12)19(21)22/h3-8H,9H2,1-2H3,(H,16,20)/b15-11+. The Hall–Kier alpha value is -3.03. The first-order valence-corrected chi connectivity index (χ1v) is 6.54. The Morgan fingerprint density at radius 1 is 1.36 bits per heavy atom. The van der Waals surface area contributed by atoms with E-state index in [-0.39, 0.29) is 18.1 Å². The lowest BCUT2D eigenvalue weighted by Gasteiger charge is -2.03. The lowest BCUT2D eigenvalue weighted by atomic mass is 10.1. The number of aryl methyl sites for hydroxylation is 1. The van der Waals surface area contributed by atoms with Crippen LogP contribution in [0.1, 0.15) is 18.2 Å². The predicted octanol–water partition coefficient (Wildman–Crippen LogP) is 1.64. The van der Waals surface area contributed by atoms with Crippen LogP contribution in [0.3, 0.4) is 0 Å². The van der Waals surface area contributed by atoms with E-state index in [2.05, 4.69) is 15.6 Å². The van der Waals surface area contributed by atoms with Gasteiger partial charge in [0.2, 0.25) is 0 Å². The van der Waals surface area contributed by atoms with Gasteiger partial charge >= 0.3 is 0 Å².